The number of likely N-dealkylation sites (tertiary alicyclic amines) is 2. The number of aliphatic hydroxyl groups is 1. The second-order valence-corrected chi connectivity index (χ2v) is 14.6. The summed E-state index contributed by atoms with van der Waals surface area (Å²) in [6.07, 6.45) is 12.2. The van der Waals surface area contributed by atoms with Gasteiger partial charge in [-0.15, -0.1) is 0 Å². The third-order valence-corrected chi connectivity index (χ3v) is 11.8. The van der Waals surface area contributed by atoms with Crippen LogP contribution in [0.2, 0.25) is 5.15 Å². The Labute approximate surface area is 262 Å². The first-order chi connectivity index (χ1) is 21.3. The Bertz CT molecular complexity index is 1680. The number of fused-ring (bicyclic) bond motifs is 3. The average Bonchev–Trinajstić information content (AvgIpc) is 3.95. The summed E-state index contributed by atoms with van der Waals surface area (Å²) in [6, 6.07) is 9.53. The Balaban J connectivity index is 1.06. The highest BCUT2D eigenvalue weighted by Crippen LogP contribution is 2.52. The number of piperidine rings is 2. The van der Waals surface area contributed by atoms with Crippen LogP contribution in [0.5, 0.6) is 0 Å². The lowest BCUT2D eigenvalue weighted by molar-refractivity contribution is -0.145. The van der Waals surface area contributed by atoms with Crippen molar-refractivity contribution >= 4 is 40.1 Å². The van der Waals surface area contributed by atoms with Crippen molar-refractivity contribution in [2.75, 3.05) is 31.1 Å². The van der Waals surface area contributed by atoms with Gasteiger partial charge in [0.2, 0.25) is 5.91 Å². The molecule has 1 aromatic carbocycles. The van der Waals surface area contributed by atoms with E-state index in [-0.39, 0.29) is 17.9 Å². The van der Waals surface area contributed by atoms with Gasteiger partial charge in [-0.05, 0) is 95.0 Å². The fraction of sp³-hybridized carbons (Fsp3) is 0.588. The van der Waals surface area contributed by atoms with Crippen LogP contribution < -0.4 is 4.90 Å². The predicted molar refractivity (Wildman–Crippen MR) is 168 cm³/mol. The lowest BCUT2D eigenvalue weighted by Crippen LogP contribution is -2.58. The van der Waals surface area contributed by atoms with E-state index < -0.39 is 11.0 Å². The van der Waals surface area contributed by atoms with Gasteiger partial charge in [0, 0.05) is 42.5 Å². The highest BCUT2D eigenvalue weighted by atomic mass is 35.5. The Hall–Kier alpha value is -3.01. The predicted octanol–water partition coefficient (Wildman–Crippen LogP) is 4.84. The quantitative estimate of drug-likeness (QED) is 0.414. The maximum absolute atomic E-state index is 14.6. The number of imidazole rings is 1. The van der Waals surface area contributed by atoms with Gasteiger partial charge in [-0.2, -0.15) is 0 Å². The summed E-state index contributed by atoms with van der Waals surface area (Å²) in [5.41, 5.74) is 3.65. The molecule has 3 aliphatic carbocycles. The number of amides is 2. The lowest BCUT2D eigenvalue weighted by Gasteiger charge is -2.48. The fourth-order valence-electron chi connectivity index (χ4n) is 8.46. The Kier molecular flexibility index (Phi) is 6.05. The first-order valence-corrected chi connectivity index (χ1v) is 17.0. The second-order valence-electron chi connectivity index (χ2n) is 14.2. The zero-order valence-corrected chi connectivity index (χ0v) is 25.8. The minimum absolute atomic E-state index is 0.169. The minimum Gasteiger partial charge on any atom is -0.380 e. The van der Waals surface area contributed by atoms with Gasteiger partial charge in [0.05, 0.1) is 23.0 Å². The number of carbonyl (C=O) groups excluding carboxylic acids is 2. The molecule has 0 bridgehead atoms. The molecule has 2 aromatic heterocycles. The Morgan fingerprint density at radius 3 is 2.39 bits per heavy atom. The average molecular weight is 615 g/mol. The molecule has 5 heterocycles. The van der Waals surface area contributed by atoms with Gasteiger partial charge < -0.3 is 24.4 Å². The van der Waals surface area contributed by atoms with Crippen LogP contribution in [0.25, 0.3) is 22.3 Å². The number of rotatable bonds is 5. The van der Waals surface area contributed by atoms with Gasteiger partial charge in [-0.1, -0.05) is 30.2 Å². The number of carbonyl (C=O) groups is 2. The largest absolute Gasteiger partial charge is 0.380 e. The Morgan fingerprint density at radius 2 is 1.68 bits per heavy atom. The van der Waals surface area contributed by atoms with Crippen LogP contribution in [0.4, 0.5) is 5.69 Å². The molecule has 10 heteroatoms. The number of hydrogen-bond acceptors (Lipinski definition) is 6. The normalized spacial score (nSPS) is 27.5. The highest BCUT2D eigenvalue weighted by molar-refractivity contribution is 6.34. The smallest absolute Gasteiger partial charge is 0.254 e. The molecule has 2 amide bonds. The Morgan fingerprint density at radius 1 is 0.932 bits per heavy atom. The molecule has 230 valence electrons. The van der Waals surface area contributed by atoms with Crippen LogP contribution in [-0.4, -0.2) is 85.1 Å². The van der Waals surface area contributed by atoms with Crippen molar-refractivity contribution < 1.29 is 14.7 Å². The molecule has 5 fully saturated rings. The number of pyridine rings is 1. The first kappa shape index (κ1) is 27.3. The van der Waals surface area contributed by atoms with E-state index in [0.717, 1.165) is 72.3 Å². The van der Waals surface area contributed by atoms with Gasteiger partial charge in [0.15, 0.2) is 5.15 Å². The summed E-state index contributed by atoms with van der Waals surface area (Å²) >= 11 is 6.77. The number of aromatic nitrogens is 3. The lowest BCUT2D eigenvalue weighted by atomic mass is 9.73. The van der Waals surface area contributed by atoms with Crippen LogP contribution in [0.1, 0.15) is 82.2 Å². The second kappa shape index (κ2) is 9.74. The monoisotopic (exact) mass is 614 g/mol. The molecule has 44 heavy (non-hydrogen) atoms. The van der Waals surface area contributed by atoms with Crippen molar-refractivity contribution in [1.29, 1.82) is 0 Å². The summed E-state index contributed by atoms with van der Waals surface area (Å²) in [4.78, 5) is 43.5. The van der Waals surface area contributed by atoms with E-state index in [0.29, 0.717) is 56.0 Å². The van der Waals surface area contributed by atoms with Crippen LogP contribution >= 0.6 is 11.6 Å². The van der Waals surface area contributed by atoms with Crippen molar-refractivity contribution in [2.24, 2.45) is 0 Å². The van der Waals surface area contributed by atoms with Gasteiger partial charge in [-0.3, -0.25) is 9.59 Å². The SMILES string of the molecule is O=C(N1CCC2(CC1)C(=O)N(C1CC(N3CCCCC3)C1)c1cc(-c3cc4ncn(C5CC5)c4c(Cl)n3)ccc12)C1(O)CC1. The summed E-state index contributed by atoms with van der Waals surface area (Å²) in [6.45, 7) is 3.30. The number of hydrogen-bond donors (Lipinski definition) is 1. The maximum Gasteiger partial charge on any atom is 0.254 e. The van der Waals surface area contributed by atoms with Crippen LogP contribution in [0.3, 0.4) is 0 Å². The first-order valence-electron chi connectivity index (χ1n) is 16.6. The number of anilines is 1. The van der Waals surface area contributed by atoms with Gasteiger partial charge in [0.1, 0.15) is 11.1 Å². The van der Waals surface area contributed by atoms with Crippen molar-refractivity contribution in [2.45, 2.75) is 99.8 Å². The summed E-state index contributed by atoms with van der Waals surface area (Å²) in [7, 11) is 0. The van der Waals surface area contributed by atoms with Crippen molar-refractivity contribution in [3.8, 4) is 11.3 Å². The number of halogens is 1. The zero-order chi connectivity index (χ0) is 29.8. The maximum atomic E-state index is 14.6. The van der Waals surface area contributed by atoms with Gasteiger partial charge in [0.25, 0.3) is 5.91 Å². The number of nitrogens with zero attached hydrogens (tertiary/aromatic N) is 6. The van der Waals surface area contributed by atoms with E-state index in [1.54, 1.807) is 4.90 Å². The topological polar surface area (TPSA) is 94.8 Å². The van der Waals surface area contributed by atoms with Gasteiger partial charge >= 0.3 is 0 Å². The molecule has 2 saturated heterocycles. The van der Waals surface area contributed by atoms with Crippen molar-refractivity contribution in [1.82, 2.24) is 24.3 Å². The van der Waals surface area contributed by atoms with Gasteiger partial charge in [-0.25, -0.2) is 9.97 Å². The molecule has 3 aliphatic heterocycles. The van der Waals surface area contributed by atoms with E-state index in [1.807, 2.05) is 12.4 Å². The molecule has 0 atom stereocenters. The van der Waals surface area contributed by atoms with Crippen LogP contribution in [0, 0.1) is 0 Å². The molecule has 3 aromatic rings. The molecular weight excluding hydrogens is 576 g/mol. The minimum atomic E-state index is -1.18. The fourth-order valence-corrected chi connectivity index (χ4v) is 8.74. The van der Waals surface area contributed by atoms with Crippen molar-refractivity contribution in [3.05, 3.63) is 41.3 Å². The molecule has 9 nitrogen and oxygen atoms in total. The number of benzene rings is 1. The molecule has 9 rings (SSSR count). The molecule has 0 radical (unpaired) electrons. The molecular formula is C34H39ClN6O3. The van der Waals surface area contributed by atoms with E-state index in [1.165, 1.54) is 19.3 Å². The molecule has 0 unspecified atom stereocenters. The van der Waals surface area contributed by atoms with E-state index in [9.17, 15) is 14.7 Å². The summed E-state index contributed by atoms with van der Waals surface area (Å²) in [5, 5.41) is 10.9. The molecule has 1 spiro atoms. The van der Waals surface area contributed by atoms with Crippen molar-refractivity contribution in [3.63, 3.8) is 0 Å². The van der Waals surface area contributed by atoms with Crippen LogP contribution in [0.15, 0.2) is 30.6 Å². The van der Waals surface area contributed by atoms with E-state index in [2.05, 4.69) is 37.5 Å². The highest BCUT2D eigenvalue weighted by Gasteiger charge is 2.57. The summed E-state index contributed by atoms with van der Waals surface area (Å²) < 4.78 is 2.15. The summed E-state index contributed by atoms with van der Waals surface area (Å²) in [5.74, 6) is 0.00431. The third-order valence-electron chi connectivity index (χ3n) is 11.5. The molecule has 3 saturated carbocycles. The standard InChI is InChI=1S/C34H39ClN6O3/c35-30-29-27(36-20-40(29)22-5-6-22)19-26(37-30)21-4-7-25-28(16-21)41(24-17-23(18-24)38-12-2-1-3-13-38)31(42)33(25)10-14-39(15-11-33)32(43)34(44)8-9-34/h4,7,16,19-20,22-24,44H,1-3,5-6,8-15,17-18H2. The zero-order valence-electron chi connectivity index (χ0n) is 25.1. The van der Waals surface area contributed by atoms with Crippen LogP contribution in [-0.2, 0) is 15.0 Å². The third kappa shape index (κ3) is 4.11. The molecule has 6 aliphatic rings. The molecule has 1 N–H and O–H groups in total. The van der Waals surface area contributed by atoms with E-state index >= 15 is 0 Å². The van der Waals surface area contributed by atoms with E-state index in [4.69, 9.17) is 16.6 Å².